The van der Waals surface area contributed by atoms with Crippen molar-refractivity contribution in [3.8, 4) is 0 Å². The summed E-state index contributed by atoms with van der Waals surface area (Å²) < 4.78 is 18.9. The van der Waals surface area contributed by atoms with Crippen molar-refractivity contribution in [2.24, 2.45) is 0 Å². The van der Waals surface area contributed by atoms with Crippen LogP contribution in [0.3, 0.4) is 0 Å². The van der Waals surface area contributed by atoms with Gasteiger partial charge in [0.2, 0.25) is 5.91 Å². The van der Waals surface area contributed by atoms with Gasteiger partial charge in [0.1, 0.15) is 11.6 Å². The van der Waals surface area contributed by atoms with Gasteiger partial charge in [0.15, 0.2) is 0 Å². The maximum absolute atomic E-state index is 13.9. The van der Waals surface area contributed by atoms with E-state index in [9.17, 15) is 14.0 Å². The van der Waals surface area contributed by atoms with Crippen LogP contribution in [0, 0.1) is 12.7 Å². The van der Waals surface area contributed by atoms with Gasteiger partial charge in [-0.3, -0.25) is 9.59 Å². The van der Waals surface area contributed by atoms with Crippen molar-refractivity contribution >= 4 is 11.8 Å². The summed E-state index contributed by atoms with van der Waals surface area (Å²) in [5, 5.41) is 5.25. The summed E-state index contributed by atoms with van der Waals surface area (Å²) in [7, 11) is 0. The van der Waals surface area contributed by atoms with E-state index in [1.807, 2.05) is 13.8 Å². The zero-order chi connectivity index (χ0) is 17.7. The molecule has 24 heavy (non-hydrogen) atoms. The van der Waals surface area contributed by atoms with Gasteiger partial charge in [0, 0.05) is 12.0 Å². The Balaban J connectivity index is 1.86. The molecule has 0 unspecified atom stereocenters. The van der Waals surface area contributed by atoms with Crippen molar-refractivity contribution in [2.45, 2.75) is 26.2 Å². The van der Waals surface area contributed by atoms with Crippen molar-refractivity contribution < 1.29 is 18.4 Å². The fourth-order valence-corrected chi connectivity index (χ4v) is 2.36. The zero-order valence-corrected chi connectivity index (χ0v) is 14.0. The van der Waals surface area contributed by atoms with Crippen molar-refractivity contribution in [1.82, 2.24) is 10.6 Å². The van der Waals surface area contributed by atoms with E-state index < -0.39 is 5.41 Å². The molecule has 2 aromatic rings. The minimum Gasteiger partial charge on any atom is -0.469 e. The monoisotopic (exact) mass is 332 g/mol. The van der Waals surface area contributed by atoms with Crippen molar-refractivity contribution in [3.63, 3.8) is 0 Å². The van der Waals surface area contributed by atoms with E-state index in [1.54, 1.807) is 31.2 Å². The number of nitrogens with one attached hydrogen (secondary N) is 2. The number of benzene rings is 1. The van der Waals surface area contributed by atoms with Crippen molar-refractivity contribution in [1.29, 1.82) is 0 Å². The number of hydrogen-bond donors (Lipinski definition) is 2. The first kappa shape index (κ1) is 17.7. The van der Waals surface area contributed by atoms with Gasteiger partial charge >= 0.3 is 0 Å². The third-order valence-corrected chi connectivity index (χ3v) is 3.84. The van der Waals surface area contributed by atoms with Crippen molar-refractivity contribution in [3.05, 3.63) is 59.3 Å². The van der Waals surface area contributed by atoms with E-state index in [0.717, 1.165) is 0 Å². The molecule has 128 valence electrons. The number of halogens is 1. The highest BCUT2D eigenvalue weighted by Gasteiger charge is 2.24. The van der Waals surface area contributed by atoms with Gasteiger partial charge in [-0.15, -0.1) is 0 Å². The van der Waals surface area contributed by atoms with Gasteiger partial charge in [0.05, 0.1) is 18.4 Å². The van der Waals surface area contributed by atoms with Gasteiger partial charge in [-0.1, -0.05) is 32.0 Å². The smallest absolute Gasteiger partial charge is 0.255 e. The lowest BCUT2D eigenvalue weighted by molar-refractivity contribution is -0.120. The summed E-state index contributed by atoms with van der Waals surface area (Å²) in [6.07, 6.45) is 1.42. The quantitative estimate of drug-likeness (QED) is 0.854. The van der Waals surface area contributed by atoms with Gasteiger partial charge in [-0.05, 0) is 24.6 Å². The van der Waals surface area contributed by atoms with E-state index in [0.29, 0.717) is 16.9 Å². The Morgan fingerprint density at radius 3 is 2.50 bits per heavy atom. The zero-order valence-electron chi connectivity index (χ0n) is 14.0. The molecule has 0 aliphatic rings. The number of carbonyl (C=O) groups is 2. The minimum absolute atomic E-state index is 0.156. The first-order chi connectivity index (χ1) is 11.3. The molecule has 0 saturated heterocycles. The molecule has 2 rings (SSSR count). The normalized spacial score (nSPS) is 11.2. The Morgan fingerprint density at radius 2 is 1.88 bits per heavy atom. The largest absolute Gasteiger partial charge is 0.469 e. The van der Waals surface area contributed by atoms with Gasteiger partial charge < -0.3 is 15.1 Å². The lowest BCUT2D eigenvalue weighted by Crippen LogP contribution is -2.42. The average Bonchev–Trinajstić information content (AvgIpc) is 2.97. The van der Waals surface area contributed by atoms with Crippen LogP contribution in [0.5, 0.6) is 0 Å². The minimum atomic E-state index is -0.563. The second-order valence-corrected chi connectivity index (χ2v) is 6.21. The molecule has 1 heterocycles. The maximum Gasteiger partial charge on any atom is 0.255 e. The molecule has 1 aromatic heterocycles. The summed E-state index contributed by atoms with van der Waals surface area (Å²) in [6, 6.07) is 8.03. The van der Waals surface area contributed by atoms with Crippen LogP contribution in [0.2, 0.25) is 0 Å². The molecule has 0 fully saturated rings. The standard InChI is InChI=1S/C18H21FN2O3/c1-12-13(8-9-24-12)17(23)20-10-16(22)21-11-18(2,3)14-6-4-5-7-15(14)19/h4-9H,10-11H2,1-3H3,(H,20,23)(H,21,22). The Morgan fingerprint density at radius 1 is 1.17 bits per heavy atom. The van der Waals surface area contributed by atoms with E-state index >= 15 is 0 Å². The van der Waals surface area contributed by atoms with Gasteiger partial charge in [-0.2, -0.15) is 0 Å². The van der Waals surface area contributed by atoms with E-state index in [4.69, 9.17) is 4.42 Å². The molecule has 0 aliphatic heterocycles. The van der Waals surface area contributed by atoms with E-state index in [2.05, 4.69) is 10.6 Å². The van der Waals surface area contributed by atoms with Gasteiger partial charge in [-0.25, -0.2) is 4.39 Å². The molecule has 0 radical (unpaired) electrons. The van der Waals surface area contributed by atoms with Crippen LogP contribution in [-0.4, -0.2) is 24.9 Å². The lowest BCUT2D eigenvalue weighted by atomic mass is 9.84. The summed E-state index contributed by atoms with van der Waals surface area (Å²) in [6.45, 7) is 5.47. The van der Waals surface area contributed by atoms with E-state index in [1.165, 1.54) is 12.3 Å². The topological polar surface area (TPSA) is 71.3 Å². The third-order valence-electron chi connectivity index (χ3n) is 3.84. The fraction of sp³-hybridized carbons (Fsp3) is 0.333. The highest BCUT2D eigenvalue weighted by molar-refractivity contribution is 5.97. The van der Waals surface area contributed by atoms with E-state index in [-0.39, 0.29) is 30.7 Å². The number of aryl methyl sites for hydroxylation is 1. The highest BCUT2D eigenvalue weighted by atomic mass is 19.1. The molecule has 6 heteroatoms. The molecule has 2 amide bonds. The molecular weight excluding hydrogens is 311 g/mol. The van der Waals surface area contributed by atoms with Crippen LogP contribution in [-0.2, 0) is 10.2 Å². The predicted octanol–water partition coefficient (Wildman–Crippen LogP) is 2.55. The van der Waals surface area contributed by atoms with Crippen LogP contribution in [0.1, 0.15) is 35.5 Å². The molecule has 0 saturated carbocycles. The molecule has 0 atom stereocenters. The third kappa shape index (κ3) is 4.22. The van der Waals surface area contributed by atoms with Crippen LogP contribution in [0.15, 0.2) is 41.0 Å². The molecule has 0 aliphatic carbocycles. The van der Waals surface area contributed by atoms with Crippen LogP contribution in [0.25, 0.3) is 0 Å². The Hall–Kier alpha value is -2.63. The summed E-state index contributed by atoms with van der Waals surface area (Å²) in [5.74, 6) is -0.521. The average molecular weight is 332 g/mol. The maximum atomic E-state index is 13.9. The summed E-state index contributed by atoms with van der Waals surface area (Å²) >= 11 is 0. The Kier molecular flexibility index (Phi) is 5.39. The van der Waals surface area contributed by atoms with Crippen LogP contribution >= 0.6 is 0 Å². The molecular formula is C18H21FN2O3. The second-order valence-electron chi connectivity index (χ2n) is 6.21. The number of rotatable bonds is 6. The first-order valence-electron chi connectivity index (χ1n) is 7.65. The molecule has 1 aromatic carbocycles. The fourth-order valence-electron chi connectivity index (χ4n) is 2.36. The van der Waals surface area contributed by atoms with Crippen LogP contribution in [0.4, 0.5) is 4.39 Å². The second kappa shape index (κ2) is 7.29. The molecule has 2 N–H and O–H groups in total. The van der Waals surface area contributed by atoms with Gasteiger partial charge in [0.25, 0.3) is 5.91 Å². The number of hydrogen-bond acceptors (Lipinski definition) is 3. The predicted molar refractivity (Wildman–Crippen MR) is 88.2 cm³/mol. The van der Waals surface area contributed by atoms with Crippen molar-refractivity contribution in [2.75, 3.05) is 13.1 Å². The molecule has 5 nitrogen and oxygen atoms in total. The Labute approximate surface area is 140 Å². The first-order valence-corrected chi connectivity index (χ1v) is 7.65. The SMILES string of the molecule is Cc1occc1C(=O)NCC(=O)NCC(C)(C)c1ccccc1F. The lowest BCUT2D eigenvalue weighted by Gasteiger charge is -2.26. The summed E-state index contributed by atoms with van der Waals surface area (Å²) in [4.78, 5) is 23.8. The Bertz CT molecular complexity index is 737. The van der Waals surface area contributed by atoms with Crippen LogP contribution < -0.4 is 10.6 Å². The molecule has 0 spiro atoms. The highest BCUT2D eigenvalue weighted by Crippen LogP contribution is 2.24. The molecule has 0 bridgehead atoms. The number of carbonyl (C=O) groups excluding carboxylic acids is 2. The number of amides is 2. The summed E-state index contributed by atoms with van der Waals surface area (Å²) in [5.41, 5.74) is 0.365. The number of furan rings is 1.